The van der Waals surface area contributed by atoms with Crippen molar-refractivity contribution in [2.24, 2.45) is 5.92 Å². The molecule has 2 rings (SSSR count). The van der Waals surface area contributed by atoms with Crippen molar-refractivity contribution in [2.45, 2.75) is 30.6 Å². The molecular formula is C13H17BrClFN2O2S. The summed E-state index contributed by atoms with van der Waals surface area (Å²) >= 11 is 8.93. The summed E-state index contributed by atoms with van der Waals surface area (Å²) in [6.45, 7) is 0.384. The number of anilines is 1. The van der Waals surface area contributed by atoms with E-state index in [0.717, 1.165) is 31.7 Å². The maximum absolute atomic E-state index is 14.2. The molecule has 0 amide bonds. The molecule has 0 heterocycles. The van der Waals surface area contributed by atoms with Crippen LogP contribution in [-0.4, -0.2) is 26.3 Å². The Morgan fingerprint density at radius 2 is 2.05 bits per heavy atom. The molecule has 0 bridgehead atoms. The quantitative estimate of drug-likeness (QED) is 0.621. The van der Waals surface area contributed by atoms with Gasteiger partial charge in [0.15, 0.2) is 5.82 Å². The Labute approximate surface area is 137 Å². The molecule has 1 aliphatic rings. The van der Waals surface area contributed by atoms with Crippen LogP contribution in [0, 0.1) is 11.7 Å². The third-order valence-corrected chi connectivity index (χ3v) is 7.04. The second-order valence-electron chi connectivity index (χ2n) is 5.33. The summed E-state index contributed by atoms with van der Waals surface area (Å²) in [6.07, 6.45) is 4.24. The molecule has 0 radical (unpaired) electrons. The Hall–Kier alpha value is -0.370. The molecule has 1 aromatic carbocycles. The van der Waals surface area contributed by atoms with Gasteiger partial charge >= 0.3 is 0 Å². The van der Waals surface area contributed by atoms with E-state index in [4.69, 9.17) is 17.3 Å². The van der Waals surface area contributed by atoms with Crippen molar-refractivity contribution < 1.29 is 12.8 Å². The van der Waals surface area contributed by atoms with Crippen molar-refractivity contribution in [3.05, 3.63) is 21.4 Å². The van der Waals surface area contributed by atoms with Gasteiger partial charge in [0, 0.05) is 13.6 Å². The van der Waals surface area contributed by atoms with E-state index >= 15 is 0 Å². The van der Waals surface area contributed by atoms with Crippen LogP contribution in [0.15, 0.2) is 15.4 Å². The van der Waals surface area contributed by atoms with Crippen LogP contribution in [0.2, 0.25) is 5.02 Å². The summed E-state index contributed by atoms with van der Waals surface area (Å²) < 4.78 is 40.6. The second kappa shape index (κ2) is 6.40. The lowest BCUT2D eigenvalue weighted by Crippen LogP contribution is -2.32. The third kappa shape index (κ3) is 3.36. The van der Waals surface area contributed by atoms with Gasteiger partial charge in [0.1, 0.15) is 4.90 Å². The number of halogens is 3. The number of nitrogen functional groups attached to an aromatic ring is 1. The van der Waals surface area contributed by atoms with Crippen LogP contribution < -0.4 is 5.73 Å². The standard InChI is InChI=1S/C13H17BrClFN2O2S/c1-18(7-8-4-2-3-5-8)21(19,20)10-6-9(15)11(14)13(17)12(10)16/h6,8H,2-5,7,17H2,1H3. The maximum atomic E-state index is 14.2. The zero-order valence-electron chi connectivity index (χ0n) is 11.6. The smallest absolute Gasteiger partial charge is 0.245 e. The highest BCUT2D eigenvalue weighted by Gasteiger charge is 2.30. The Morgan fingerprint density at radius 1 is 1.48 bits per heavy atom. The van der Waals surface area contributed by atoms with E-state index in [9.17, 15) is 12.8 Å². The van der Waals surface area contributed by atoms with Gasteiger partial charge in [-0.05, 0) is 40.8 Å². The minimum Gasteiger partial charge on any atom is -0.395 e. The van der Waals surface area contributed by atoms with Gasteiger partial charge in [-0.25, -0.2) is 17.1 Å². The molecule has 118 valence electrons. The van der Waals surface area contributed by atoms with Crippen LogP contribution in [0.25, 0.3) is 0 Å². The minimum atomic E-state index is -3.95. The van der Waals surface area contributed by atoms with Crippen molar-refractivity contribution in [2.75, 3.05) is 19.3 Å². The van der Waals surface area contributed by atoms with Gasteiger partial charge in [0.05, 0.1) is 15.2 Å². The predicted molar refractivity (Wildman–Crippen MR) is 85.3 cm³/mol. The minimum absolute atomic E-state index is 0.0711. The first-order valence-corrected chi connectivity index (χ1v) is 9.25. The maximum Gasteiger partial charge on any atom is 0.245 e. The number of benzene rings is 1. The van der Waals surface area contributed by atoms with Crippen molar-refractivity contribution in [1.82, 2.24) is 4.31 Å². The lowest BCUT2D eigenvalue weighted by Gasteiger charge is -2.21. The van der Waals surface area contributed by atoms with Crippen molar-refractivity contribution in [3.63, 3.8) is 0 Å². The van der Waals surface area contributed by atoms with Crippen LogP contribution in [0.4, 0.5) is 10.1 Å². The molecule has 8 heteroatoms. The number of rotatable bonds is 4. The number of nitrogens with zero attached hydrogens (tertiary/aromatic N) is 1. The summed E-state index contributed by atoms with van der Waals surface area (Å²) in [6, 6.07) is 1.10. The fourth-order valence-corrected chi connectivity index (χ4v) is 4.52. The topological polar surface area (TPSA) is 63.4 Å². The summed E-state index contributed by atoms with van der Waals surface area (Å²) in [5.74, 6) is -0.638. The zero-order chi connectivity index (χ0) is 15.8. The summed E-state index contributed by atoms with van der Waals surface area (Å²) in [5.41, 5.74) is 5.26. The lowest BCUT2D eigenvalue weighted by atomic mass is 10.1. The molecule has 1 fully saturated rings. The van der Waals surface area contributed by atoms with E-state index in [1.54, 1.807) is 0 Å². The Bertz CT molecular complexity index is 648. The molecular weight excluding hydrogens is 383 g/mol. The van der Waals surface area contributed by atoms with E-state index < -0.39 is 20.7 Å². The van der Waals surface area contributed by atoms with Gasteiger partial charge in [-0.3, -0.25) is 0 Å². The molecule has 0 aliphatic heterocycles. The number of nitrogens with two attached hydrogens (primary N) is 1. The fourth-order valence-electron chi connectivity index (χ4n) is 2.61. The molecule has 0 atom stereocenters. The van der Waals surface area contributed by atoms with Gasteiger partial charge in [0.25, 0.3) is 0 Å². The van der Waals surface area contributed by atoms with Crippen molar-refractivity contribution in [1.29, 1.82) is 0 Å². The van der Waals surface area contributed by atoms with E-state index in [1.807, 2.05) is 0 Å². The number of hydrogen-bond acceptors (Lipinski definition) is 3. The van der Waals surface area contributed by atoms with E-state index in [2.05, 4.69) is 15.9 Å². The molecule has 0 saturated heterocycles. The molecule has 2 N–H and O–H groups in total. The van der Waals surface area contributed by atoms with Crippen LogP contribution in [-0.2, 0) is 10.0 Å². The van der Waals surface area contributed by atoms with E-state index in [0.29, 0.717) is 12.5 Å². The first-order chi connectivity index (χ1) is 9.75. The van der Waals surface area contributed by atoms with E-state index in [1.165, 1.54) is 11.4 Å². The first-order valence-electron chi connectivity index (χ1n) is 6.64. The SMILES string of the molecule is CN(CC1CCCC1)S(=O)(=O)c1cc(Cl)c(Br)c(N)c1F. The highest BCUT2D eigenvalue weighted by molar-refractivity contribution is 9.10. The molecule has 0 unspecified atom stereocenters. The van der Waals surface area contributed by atoms with Crippen molar-refractivity contribution in [3.8, 4) is 0 Å². The van der Waals surface area contributed by atoms with Crippen molar-refractivity contribution >= 4 is 43.2 Å². The number of hydrogen-bond donors (Lipinski definition) is 1. The lowest BCUT2D eigenvalue weighted by molar-refractivity contribution is 0.385. The molecule has 21 heavy (non-hydrogen) atoms. The molecule has 1 saturated carbocycles. The molecule has 0 spiro atoms. The van der Waals surface area contributed by atoms with Crippen LogP contribution in [0.1, 0.15) is 25.7 Å². The Kier molecular flexibility index (Phi) is 5.18. The average molecular weight is 400 g/mol. The monoisotopic (exact) mass is 398 g/mol. The van der Waals surface area contributed by atoms with E-state index in [-0.39, 0.29) is 15.2 Å². The molecule has 1 aliphatic carbocycles. The molecule has 1 aromatic rings. The van der Waals surface area contributed by atoms with Crippen LogP contribution >= 0.6 is 27.5 Å². The molecule has 4 nitrogen and oxygen atoms in total. The summed E-state index contributed by atoms with van der Waals surface area (Å²) in [5, 5.41) is 0.0711. The van der Waals surface area contributed by atoms with Gasteiger partial charge in [-0.1, -0.05) is 24.4 Å². The Balaban J connectivity index is 2.34. The van der Waals surface area contributed by atoms with Gasteiger partial charge in [-0.2, -0.15) is 0 Å². The summed E-state index contributed by atoms with van der Waals surface area (Å²) in [7, 11) is -2.49. The largest absolute Gasteiger partial charge is 0.395 e. The molecule has 0 aromatic heterocycles. The van der Waals surface area contributed by atoms with Gasteiger partial charge in [0.2, 0.25) is 10.0 Å². The third-order valence-electron chi connectivity index (χ3n) is 3.84. The summed E-state index contributed by atoms with van der Waals surface area (Å²) in [4.78, 5) is -0.478. The highest BCUT2D eigenvalue weighted by atomic mass is 79.9. The normalized spacial score (nSPS) is 16.8. The highest BCUT2D eigenvalue weighted by Crippen LogP contribution is 2.36. The number of sulfonamides is 1. The predicted octanol–water partition coefficient (Wildman–Crippen LogP) is 3.63. The van der Waals surface area contributed by atoms with Gasteiger partial charge < -0.3 is 5.73 Å². The second-order valence-corrected chi connectivity index (χ2v) is 8.55. The first kappa shape index (κ1) is 17.0. The average Bonchev–Trinajstić information content (AvgIpc) is 2.93. The van der Waals surface area contributed by atoms with Crippen LogP contribution in [0.5, 0.6) is 0 Å². The zero-order valence-corrected chi connectivity index (χ0v) is 14.7. The van der Waals surface area contributed by atoms with Gasteiger partial charge in [-0.15, -0.1) is 0 Å². The fraction of sp³-hybridized carbons (Fsp3) is 0.538. The Morgan fingerprint density at radius 3 is 2.62 bits per heavy atom. The van der Waals surface area contributed by atoms with Crippen LogP contribution in [0.3, 0.4) is 0 Å².